The number of carbonyl (C=O) groups excluding carboxylic acids is 2. The van der Waals surface area contributed by atoms with Gasteiger partial charge < -0.3 is 18.8 Å². The summed E-state index contributed by atoms with van der Waals surface area (Å²) in [5, 5.41) is 0.957. The van der Waals surface area contributed by atoms with Crippen LogP contribution in [0.4, 0.5) is 4.39 Å². The summed E-state index contributed by atoms with van der Waals surface area (Å²) in [6.07, 6.45) is 2.15. The lowest BCUT2D eigenvalue weighted by Gasteiger charge is -2.10. The Morgan fingerprint density at radius 2 is 1.57 bits per heavy atom. The van der Waals surface area contributed by atoms with Crippen molar-refractivity contribution in [2.24, 2.45) is 0 Å². The molecule has 1 heterocycles. The van der Waals surface area contributed by atoms with Crippen molar-refractivity contribution in [3.63, 3.8) is 0 Å². The first kappa shape index (κ1) is 26.7. The number of ether oxygens (including phenoxy) is 3. The minimum atomic E-state index is -0.377. The van der Waals surface area contributed by atoms with Crippen molar-refractivity contribution in [3.05, 3.63) is 114 Å². The number of hydrogen-bond acceptors (Lipinski definition) is 5. The van der Waals surface area contributed by atoms with Crippen LogP contribution in [-0.2, 0) is 27.3 Å². The first-order valence-electron chi connectivity index (χ1n) is 13.0. The lowest BCUT2D eigenvalue weighted by atomic mass is 10.0. The lowest BCUT2D eigenvalue weighted by Crippen LogP contribution is -2.07. The molecule has 0 aliphatic heterocycles. The highest BCUT2D eigenvalue weighted by atomic mass is 19.1. The van der Waals surface area contributed by atoms with Gasteiger partial charge in [-0.05, 0) is 71.6 Å². The number of esters is 2. The Hall–Kier alpha value is -4.91. The van der Waals surface area contributed by atoms with E-state index in [1.807, 2.05) is 60.8 Å². The molecule has 0 aliphatic rings. The van der Waals surface area contributed by atoms with Crippen molar-refractivity contribution < 1.29 is 28.2 Å². The van der Waals surface area contributed by atoms with E-state index in [0.29, 0.717) is 30.4 Å². The van der Waals surface area contributed by atoms with Crippen LogP contribution in [0.1, 0.15) is 25.0 Å². The molecule has 0 saturated carbocycles. The maximum absolute atomic E-state index is 13.5. The summed E-state index contributed by atoms with van der Waals surface area (Å²) in [5.74, 6) is 0.493. The van der Waals surface area contributed by atoms with Gasteiger partial charge in [0.2, 0.25) is 0 Å². The molecule has 0 fully saturated rings. The molecule has 1 aromatic heterocycles. The zero-order valence-electron chi connectivity index (χ0n) is 22.2. The van der Waals surface area contributed by atoms with Gasteiger partial charge in [-0.1, -0.05) is 42.5 Å². The Labute approximate surface area is 231 Å². The number of aromatic nitrogens is 1. The quantitative estimate of drug-likeness (QED) is 0.146. The third-order valence-electron chi connectivity index (χ3n) is 6.34. The second-order valence-corrected chi connectivity index (χ2v) is 9.32. The normalized spacial score (nSPS) is 10.9. The highest BCUT2D eigenvalue weighted by Crippen LogP contribution is 2.31. The molecule has 4 aromatic carbocycles. The Morgan fingerprint density at radius 1 is 0.825 bits per heavy atom. The van der Waals surface area contributed by atoms with Crippen LogP contribution in [-0.4, -0.2) is 23.1 Å². The van der Waals surface area contributed by atoms with Gasteiger partial charge in [0, 0.05) is 36.6 Å². The number of carbonyl (C=O) groups is 2. The van der Waals surface area contributed by atoms with Crippen LogP contribution in [0.15, 0.2) is 97.2 Å². The molecule has 0 aliphatic carbocycles. The van der Waals surface area contributed by atoms with Crippen molar-refractivity contribution in [3.8, 4) is 28.4 Å². The smallest absolute Gasteiger partial charge is 0.310 e. The molecule has 0 unspecified atom stereocenters. The molecule has 0 radical (unpaired) electrons. The van der Waals surface area contributed by atoms with Crippen LogP contribution < -0.4 is 9.47 Å². The van der Waals surface area contributed by atoms with Crippen LogP contribution in [0, 0.1) is 5.82 Å². The van der Waals surface area contributed by atoms with Gasteiger partial charge >= 0.3 is 11.9 Å². The molecule has 40 heavy (non-hydrogen) atoms. The fourth-order valence-electron chi connectivity index (χ4n) is 4.62. The molecule has 202 valence electrons. The summed E-state index contributed by atoms with van der Waals surface area (Å²) in [5.41, 5.74) is 4.70. The molecule has 0 spiro atoms. The van der Waals surface area contributed by atoms with Gasteiger partial charge in [0.05, 0.1) is 13.0 Å². The number of nitrogens with zero attached hydrogens (tertiary/aromatic N) is 1. The Balaban J connectivity index is 1.46. The largest absolute Gasteiger partial charge is 0.466 e. The molecule has 5 rings (SSSR count). The third-order valence-corrected chi connectivity index (χ3v) is 6.34. The number of benzene rings is 4. The minimum absolute atomic E-state index is 0.166. The second kappa shape index (κ2) is 11.9. The SMILES string of the molecule is CCOC(=O)Cc1cn(Cc2ccc(Oc3cccc(F)c3)cc2)c2cc(-c3cccc(OC(C)=O)c3)ccc12. The topological polar surface area (TPSA) is 66.8 Å². The highest BCUT2D eigenvalue weighted by molar-refractivity contribution is 5.91. The summed E-state index contributed by atoms with van der Waals surface area (Å²) in [6.45, 7) is 4.04. The van der Waals surface area contributed by atoms with Crippen LogP contribution >= 0.6 is 0 Å². The summed E-state index contributed by atoms with van der Waals surface area (Å²) >= 11 is 0. The van der Waals surface area contributed by atoms with Gasteiger partial charge in [0.25, 0.3) is 0 Å². The van der Waals surface area contributed by atoms with Gasteiger partial charge in [0.1, 0.15) is 23.1 Å². The molecule has 0 atom stereocenters. The Kier molecular flexibility index (Phi) is 7.92. The third kappa shape index (κ3) is 6.38. The zero-order valence-corrected chi connectivity index (χ0v) is 22.2. The van der Waals surface area contributed by atoms with E-state index in [1.54, 1.807) is 25.1 Å². The summed E-state index contributed by atoms with van der Waals surface area (Å²) < 4.78 is 31.8. The lowest BCUT2D eigenvalue weighted by molar-refractivity contribution is -0.142. The van der Waals surface area contributed by atoms with Gasteiger partial charge in [-0.3, -0.25) is 9.59 Å². The number of hydrogen-bond donors (Lipinski definition) is 0. The van der Waals surface area contributed by atoms with Crippen molar-refractivity contribution in [1.29, 1.82) is 0 Å². The van der Waals surface area contributed by atoms with Gasteiger partial charge in [-0.2, -0.15) is 0 Å². The molecule has 0 bridgehead atoms. The van der Waals surface area contributed by atoms with E-state index in [9.17, 15) is 14.0 Å². The molecular weight excluding hydrogens is 509 g/mol. The van der Waals surface area contributed by atoms with Crippen molar-refractivity contribution in [2.45, 2.75) is 26.8 Å². The first-order chi connectivity index (χ1) is 19.4. The molecule has 0 saturated heterocycles. The minimum Gasteiger partial charge on any atom is -0.466 e. The second-order valence-electron chi connectivity index (χ2n) is 9.32. The van der Waals surface area contributed by atoms with E-state index >= 15 is 0 Å². The predicted octanol–water partition coefficient (Wildman–Crippen LogP) is 7.32. The van der Waals surface area contributed by atoms with E-state index in [-0.39, 0.29) is 24.2 Å². The van der Waals surface area contributed by atoms with E-state index in [4.69, 9.17) is 14.2 Å². The highest BCUT2D eigenvalue weighted by Gasteiger charge is 2.15. The van der Waals surface area contributed by atoms with Crippen LogP contribution in [0.5, 0.6) is 17.2 Å². The van der Waals surface area contributed by atoms with Crippen LogP contribution in [0.2, 0.25) is 0 Å². The number of fused-ring (bicyclic) bond motifs is 1. The van der Waals surface area contributed by atoms with Crippen LogP contribution in [0.3, 0.4) is 0 Å². The number of rotatable bonds is 9. The fraction of sp³-hybridized carbons (Fsp3) is 0.152. The standard InChI is InChI=1S/C33H28FNO5/c1-3-38-33(37)18-26-21-35(20-23-10-13-28(14-11-23)40-30-9-5-7-27(34)19-30)32-17-25(12-15-31(26)32)24-6-4-8-29(16-24)39-22(2)36/h4-17,19,21H,3,18,20H2,1-2H3. The average molecular weight is 538 g/mol. The predicted molar refractivity (Wildman–Crippen MR) is 151 cm³/mol. The average Bonchev–Trinajstić information content (AvgIpc) is 3.25. The van der Waals surface area contributed by atoms with Crippen molar-refractivity contribution >= 4 is 22.8 Å². The number of halogens is 1. The maximum Gasteiger partial charge on any atom is 0.310 e. The maximum atomic E-state index is 13.5. The molecule has 0 amide bonds. The summed E-state index contributed by atoms with van der Waals surface area (Å²) in [6, 6.07) is 27.0. The van der Waals surface area contributed by atoms with Gasteiger partial charge in [-0.25, -0.2) is 4.39 Å². The molecular formula is C33H28FNO5. The van der Waals surface area contributed by atoms with Gasteiger partial charge in [-0.15, -0.1) is 0 Å². The van der Waals surface area contributed by atoms with E-state index in [2.05, 4.69) is 10.6 Å². The Morgan fingerprint density at radius 3 is 2.33 bits per heavy atom. The van der Waals surface area contributed by atoms with Crippen LogP contribution in [0.25, 0.3) is 22.0 Å². The van der Waals surface area contributed by atoms with E-state index in [0.717, 1.165) is 33.2 Å². The summed E-state index contributed by atoms with van der Waals surface area (Å²) in [7, 11) is 0. The monoisotopic (exact) mass is 537 g/mol. The Bertz CT molecular complexity index is 1670. The van der Waals surface area contributed by atoms with E-state index < -0.39 is 0 Å². The van der Waals surface area contributed by atoms with E-state index in [1.165, 1.54) is 19.1 Å². The zero-order chi connectivity index (χ0) is 28.1. The van der Waals surface area contributed by atoms with Crippen molar-refractivity contribution in [2.75, 3.05) is 6.61 Å². The molecule has 7 heteroatoms. The van der Waals surface area contributed by atoms with Crippen molar-refractivity contribution in [1.82, 2.24) is 4.57 Å². The first-order valence-corrected chi connectivity index (χ1v) is 13.0. The summed E-state index contributed by atoms with van der Waals surface area (Å²) in [4.78, 5) is 23.8. The fourth-order valence-corrected chi connectivity index (χ4v) is 4.62. The molecule has 6 nitrogen and oxygen atoms in total. The molecule has 0 N–H and O–H groups in total. The van der Waals surface area contributed by atoms with Gasteiger partial charge in [0.15, 0.2) is 0 Å². The molecule has 5 aromatic rings.